The van der Waals surface area contributed by atoms with Gasteiger partial charge in [-0.15, -0.1) is 0 Å². The number of fused-ring (bicyclic) bond motifs is 1. The summed E-state index contributed by atoms with van der Waals surface area (Å²) >= 11 is -1.90. The molecule has 1 unspecified atom stereocenters. The van der Waals surface area contributed by atoms with E-state index in [9.17, 15) is 27.3 Å². The molecular weight excluding hydrogens is 561 g/mol. The highest BCUT2D eigenvalue weighted by molar-refractivity contribution is 7.90. The highest BCUT2D eigenvalue weighted by Gasteiger charge is 2.31. The van der Waals surface area contributed by atoms with Crippen molar-refractivity contribution in [3.05, 3.63) is 83.7 Å². The predicted molar refractivity (Wildman–Crippen MR) is 145 cm³/mol. The number of hydrogen-bond donors (Lipinski definition) is 0. The zero-order chi connectivity index (χ0) is 29.6. The number of pyridine rings is 1. The van der Waals surface area contributed by atoms with Crippen LogP contribution < -0.4 is 4.74 Å². The first kappa shape index (κ1) is 29.9. The Morgan fingerprint density at radius 3 is 2.51 bits per heavy atom. The van der Waals surface area contributed by atoms with Crippen LogP contribution in [-0.4, -0.2) is 69.0 Å². The monoisotopic (exact) mass is 588 g/mol. The van der Waals surface area contributed by atoms with Crippen molar-refractivity contribution in [2.24, 2.45) is 0 Å². The van der Waals surface area contributed by atoms with Gasteiger partial charge in [-0.25, -0.2) is 14.2 Å². The molecule has 216 valence electrons. The predicted octanol–water partition coefficient (Wildman–Crippen LogP) is 5.14. The van der Waals surface area contributed by atoms with Gasteiger partial charge in [0.15, 0.2) is 12.4 Å². The maximum absolute atomic E-state index is 13.5. The lowest BCUT2D eigenvalue weighted by atomic mass is 10.2. The highest BCUT2D eigenvalue weighted by atomic mass is 32.2. The first-order valence-corrected chi connectivity index (χ1v) is 13.8. The second-order valence-corrected chi connectivity index (χ2v) is 10.4. The average molecular weight is 589 g/mol. The molecule has 1 atom stereocenters. The van der Waals surface area contributed by atoms with Crippen LogP contribution in [-0.2, 0) is 21.7 Å². The number of esters is 1. The van der Waals surface area contributed by atoms with Crippen LogP contribution in [0.1, 0.15) is 28.0 Å². The van der Waals surface area contributed by atoms with E-state index in [0.717, 1.165) is 0 Å². The zero-order valence-corrected chi connectivity index (χ0v) is 23.1. The molecule has 0 spiro atoms. The Labute approximate surface area is 237 Å². The van der Waals surface area contributed by atoms with E-state index in [0.29, 0.717) is 28.6 Å². The van der Waals surface area contributed by atoms with Crippen LogP contribution in [0.2, 0.25) is 0 Å². The molecule has 2 heterocycles. The van der Waals surface area contributed by atoms with Gasteiger partial charge in [-0.1, -0.05) is 30.3 Å². The summed E-state index contributed by atoms with van der Waals surface area (Å²) in [5.74, 6) is -0.693. The molecule has 0 N–H and O–H groups in total. The third-order valence-electron chi connectivity index (χ3n) is 6.05. The van der Waals surface area contributed by atoms with Crippen molar-refractivity contribution in [3.8, 4) is 5.75 Å². The van der Waals surface area contributed by atoms with E-state index < -0.39 is 36.0 Å². The molecule has 0 fully saturated rings. The quantitative estimate of drug-likeness (QED) is 0.143. The van der Waals surface area contributed by atoms with Gasteiger partial charge in [-0.05, 0) is 43.7 Å². The molecule has 13 heteroatoms. The van der Waals surface area contributed by atoms with E-state index in [1.807, 2.05) is 0 Å². The van der Waals surface area contributed by atoms with Crippen molar-refractivity contribution in [2.45, 2.75) is 30.4 Å². The van der Waals surface area contributed by atoms with E-state index in [1.54, 1.807) is 61.6 Å². The number of carbonyl (C=O) groups excluding carboxylic acids is 2. The number of carbonyl (C=O) groups is 2. The second kappa shape index (κ2) is 13.0. The first-order chi connectivity index (χ1) is 19.5. The smallest absolute Gasteiger partial charge is 0.422 e. The van der Waals surface area contributed by atoms with Crippen molar-refractivity contribution in [1.29, 1.82) is 0 Å². The van der Waals surface area contributed by atoms with Crippen LogP contribution in [0.25, 0.3) is 11.0 Å². The van der Waals surface area contributed by atoms with Gasteiger partial charge in [0.05, 0.1) is 28.9 Å². The molecule has 0 radical (unpaired) electrons. The number of aromatic nitrogens is 3. The van der Waals surface area contributed by atoms with E-state index in [4.69, 9.17) is 9.47 Å². The Bertz CT molecular complexity index is 1510. The number of alkyl halides is 3. The number of nitrogens with zero attached hydrogens (tertiary/aromatic N) is 4. The number of imidazole rings is 1. The Morgan fingerprint density at radius 2 is 1.78 bits per heavy atom. The topological polar surface area (TPSA) is 110 Å². The molecule has 0 aliphatic rings. The molecule has 0 aliphatic carbocycles. The van der Waals surface area contributed by atoms with Crippen molar-refractivity contribution in [1.82, 2.24) is 19.4 Å². The SMILES string of the molecule is Cc1c(OCC(F)(F)F)ccnc1C[S+]([O-])c1nc2ccccc2n1C(=O)N(C)CCCOC(=O)c1ccccc1. The van der Waals surface area contributed by atoms with E-state index in [-0.39, 0.29) is 35.5 Å². The number of rotatable bonds is 10. The van der Waals surface area contributed by atoms with E-state index >= 15 is 0 Å². The Balaban J connectivity index is 1.47. The molecule has 0 saturated heterocycles. The summed E-state index contributed by atoms with van der Waals surface area (Å²) in [6.07, 6.45) is -2.88. The number of ether oxygens (including phenoxy) is 2. The van der Waals surface area contributed by atoms with E-state index in [2.05, 4.69) is 9.97 Å². The summed E-state index contributed by atoms with van der Waals surface area (Å²) < 4.78 is 62.8. The lowest BCUT2D eigenvalue weighted by molar-refractivity contribution is -0.153. The number of amides is 1. The fraction of sp³-hybridized carbons (Fsp3) is 0.286. The minimum absolute atomic E-state index is 0.0263. The van der Waals surface area contributed by atoms with Gasteiger partial charge >= 0.3 is 23.3 Å². The van der Waals surface area contributed by atoms with Gasteiger partial charge in [0.1, 0.15) is 5.75 Å². The fourth-order valence-electron chi connectivity index (χ4n) is 3.94. The van der Waals surface area contributed by atoms with Crippen LogP contribution in [0, 0.1) is 6.92 Å². The summed E-state index contributed by atoms with van der Waals surface area (Å²) in [6, 6.07) is 16.2. The fourth-order valence-corrected chi connectivity index (χ4v) is 5.19. The Morgan fingerprint density at radius 1 is 1.07 bits per heavy atom. The van der Waals surface area contributed by atoms with Crippen LogP contribution >= 0.6 is 0 Å². The molecular formula is C28H27F3N4O5S. The molecule has 2 aromatic carbocycles. The maximum atomic E-state index is 13.5. The number of hydrogen-bond acceptors (Lipinski definition) is 7. The highest BCUT2D eigenvalue weighted by Crippen LogP contribution is 2.27. The van der Waals surface area contributed by atoms with Gasteiger partial charge in [-0.2, -0.15) is 18.2 Å². The van der Waals surface area contributed by atoms with Crippen LogP contribution in [0.5, 0.6) is 5.75 Å². The summed E-state index contributed by atoms with van der Waals surface area (Å²) in [6.45, 7) is 0.380. The van der Waals surface area contributed by atoms with E-state index in [1.165, 1.54) is 28.7 Å². The average Bonchev–Trinajstić information content (AvgIpc) is 3.35. The molecule has 1 amide bonds. The molecule has 4 aromatic rings. The molecule has 0 aliphatic heterocycles. The Kier molecular flexibility index (Phi) is 9.50. The molecule has 9 nitrogen and oxygen atoms in total. The summed E-state index contributed by atoms with van der Waals surface area (Å²) in [5, 5.41) is -0.0265. The van der Waals surface area contributed by atoms with Gasteiger partial charge in [-0.3, -0.25) is 4.98 Å². The second-order valence-electron chi connectivity index (χ2n) is 9.05. The number of benzene rings is 2. The lowest BCUT2D eigenvalue weighted by Gasteiger charge is -2.19. The molecule has 4 rings (SSSR count). The van der Waals surface area contributed by atoms with Crippen LogP contribution in [0.3, 0.4) is 0 Å². The zero-order valence-electron chi connectivity index (χ0n) is 22.3. The standard InChI is InChI=1S/C28H27F3N4O5S/c1-19-22(32-14-13-24(19)40-18-28(29,30)31)17-41(38)26-33-21-11-6-7-12-23(21)35(26)27(37)34(2)15-8-16-39-25(36)20-9-4-3-5-10-20/h3-7,9-14H,8,15-18H2,1-2H3. The molecule has 0 saturated carbocycles. The summed E-state index contributed by atoms with van der Waals surface area (Å²) in [4.78, 5) is 35.6. The van der Waals surface area contributed by atoms with Crippen molar-refractivity contribution >= 4 is 34.2 Å². The number of halogens is 3. The lowest BCUT2D eigenvalue weighted by Crippen LogP contribution is -2.34. The van der Waals surface area contributed by atoms with Gasteiger partial charge < -0.3 is 18.9 Å². The molecule has 41 heavy (non-hydrogen) atoms. The largest absolute Gasteiger partial charge is 0.609 e. The van der Waals surface area contributed by atoms with Crippen LogP contribution in [0.4, 0.5) is 18.0 Å². The first-order valence-electron chi connectivity index (χ1n) is 12.5. The normalized spacial score (nSPS) is 12.2. The third kappa shape index (κ3) is 7.55. The summed E-state index contributed by atoms with van der Waals surface area (Å²) in [5.41, 5.74) is 1.87. The molecule has 2 aromatic heterocycles. The van der Waals surface area contributed by atoms with Gasteiger partial charge in [0.25, 0.3) is 0 Å². The minimum Gasteiger partial charge on any atom is -0.609 e. The Hall–Kier alpha value is -4.10. The van der Waals surface area contributed by atoms with Gasteiger partial charge in [0.2, 0.25) is 0 Å². The third-order valence-corrected chi connectivity index (χ3v) is 7.27. The van der Waals surface area contributed by atoms with Crippen LogP contribution in [0.15, 0.2) is 72.0 Å². The van der Waals surface area contributed by atoms with Gasteiger partial charge in [0, 0.05) is 36.5 Å². The maximum Gasteiger partial charge on any atom is 0.422 e. The van der Waals surface area contributed by atoms with Crippen molar-refractivity contribution in [3.63, 3.8) is 0 Å². The van der Waals surface area contributed by atoms with Crippen molar-refractivity contribution in [2.75, 3.05) is 26.8 Å². The number of para-hydroxylation sites is 2. The molecule has 0 bridgehead atoms. The minimum atomic E-state index is -4.51. The summed E-state index contributed by atoms with van der Waals surface area (Å²) in [7, 11) is 1.57. The van der Waals surface area contributed by atoms with Crippen molar-refractivity contribution < 1.29 is 36.8 Å².